The summed E-state index contributed by atoms with van der Waals surface area (Å²) in [4.78, 5) is 13.0. The lowest BCUT2D eigenvalue weighted by Crippen LogP contribution is -2.60. The van der Waals surface area contributed by atoms with E-state index in [0.717, 1.165) is 38.5 Å². The summed E-state index contributed by atoms with van der Waals surface area (Å²) in [6.45, 7) is 3.79. The average molecular weight is 949 g/mol. The summed E-state index contributed by atoms with van der Waals surface area (Å²) in [7, 11) is 0. The lowest BCUT2D eigenvalue weighted by atomic mass is 9.99. The van der Waals surface area contributed by atoms with E-state index in [1.807, 2.05) is 6.08 Å². The number of carbonyl (C=O) groups excluding carboxylic acids is 1. The van der Waals surface area contributed by atoms with Crippen LogP contribution in [0, 0.1) is 0 Å². The second kappa shape index (κ2) is 48.1. The summed E-state index contributed by atoms with van der Waals surface area (Å²) < 4.78 is 11.3. The molecule has 0 saturated carbocycles. The SMILES string of the molecule is CCCCCCCCCCCCCC/C=C\CCCCCCCCCCCC(=O)NC(COC1OC(CO)C(O)C(O)C1O)C(O)/C=C/CC/C=C/CCCCCCCCCCCCCCC. The minimum absolute atomic E-state index is 0.186. The summed E-state index contributed by atoms with van der Waals surface area (Å²) >= 11 is 0. The molecule has 1 fully saturated rings. The molecule has 1 rings (SSSR count). The van der Waals surface area contributed by atoms with Gasteiger partial charge in [0.2, 0.25) is 5.91 Å². The highest BCUT2D eigenvalue weighted by Crippen LogP contribution is 2.23. The smallest absolute Gasteiger partial charge is 0.220 e. The molecule has 1 saturated heterocycles. The fourth-order valence-electron chi connectivity index (χ4n) is 9.11. The van der Waals surface area contributed by atoms with E-state index in [-0.39, 0.29) is 12.5 Å². The Morgan fingerprint density at radius 2 is 0.851 bits per heavy atom. The van der Waals surface area contributed by atoms with Crippen LogP contribution in [0.1, 0.15) is 271 Å². The lowest BCUT2D eigenvalue weighted by Gasteiger charge is -2.40. The van der Waals surface area contributed by atoms with Crippen molar-refractivity contribution in [2.45, 2.75) is 314 Å². The molecule has 9 nitrogen and oxygen atoms in total. The number of nitrogens with one attached hydrogen (secondary N) is 1. The number of ether oxygens (including phenoxy) is 2. The number of carbonyl (C=O) groups is 1. The molecule has 9 heteroatoms. The Kier molecular flexibility index (Phi) is 45.5. The van der Waals surface area contributed by atoms with Gasteiger partial charge in [0.25, 0.3) is 0 Å². The fourth-order valence-corrected chi connectivity index (χ4v) is 9.11. The van der Waals surface area contributed by atoms with Crippen LogP contribution in [0.2, 0.25) is 0 Å². The maximum absolute atomic E-state index is 13.0. The number of rotatable bonds is 49. The van der Waals surface area contributed by atoms with Crippen molar-refractivity contribution < 1.29 is 39.8 Å². The van der Waals surface area contributed by atoms with Crippen molar-refractivity contribution >= 4 is 5.91 Å². The molecule has 67 heavy (non-hydrogen) atoms. The molecule has 7 unspecified atom stereocenters. The van der Waals surface area contributed by atoms with E-state index in [2.05, 4.69) is 43.5 Å². The molecule has 7 atom stereocenters. The molecular formula is C58H109NO8. The zero-order chi connectivity index (χ0) is 48.7. The van der Waals surface area contributed by atoms with E-state index in [1.165, 1.54) is 212 Å². The highest BCUT2D eigenvalue weighted by atomic mass is 16.7. The van der Waals surface area contributed by atoms with Gasteiger partial charge in [-0.15, -0.1) is 0 Å². The van der Waals surface area contributed by atoms with Crippen LogP contribution in [0.4, 0.5) is 0 Å². The molecule has 1 amide bonds. The molecule has 1 aliphatic heterocycles. The first kappa shape index (κ1) is 63.4. The Labute approximate surface area is 412 Å². The van der Waals surface area contributed by atoms with E-state index in [4.69, 9.17) is 9.47 Å². The zero-order valence-corrected chi connectivity index (χ0v) is 43.7. The minimum Gasteiger partial charge on any atom is -0.394 e. The van der Waals surface area contributed by atoms with Crippen molar-refractivity contribution in [3.8, 4) is 0 Å². The van der Waals surface area contributed by atoms with Crippen LogP contribution in [0.3, 0.4) is 0 Å². The van der Waals surface area contributed by atoms with Gasteiger partial charge in [-0.3, -0.25) is 4.79 Å². The first-order chi connectivity index (χ1) is 32.8. The Bertz CT molecular complexity index is 1150. The van der Waals surface area contributed by atoms with Gasteiger partial charge >= 0.3 is 0 Å². The van der Waals surface area contributed by atoms with E-state index in [0.29, 0.717) is 6.42 Å². The van der Waals surface area contributed by atoms with Crippen LogP contribution in [0.15, 0.2) is 36.5 Å². The molecule has 0 aromatic rings. The molecule has 1 heterocycles. The third-order valence-electron chi connectivity index (χ3n) is 13.7. The van der Waals surface area contributed by atoms with Gasteiger partial charge < -0.3 is 40.3 Å². The molecule has 0 aromatic carbocycles. The summed E-state index contributed by atoms with van der Waals surface area (Å²) in [5.74, 6) is -0.186. The van der Waals surface area contributed by atoms with Crippen LogP contribution in [0.5, 0.6) is 0 Å². The van der Waals surface area contributed by atoms with E-state index >= 15 is 0 Å². The molecule has 394 valence electrons. The van der Waals surface area contributed by atoms with Crippen LogP contribution in [0.25, 0.3) is 0 Å². The molecule has 0 radical (unpaired) electrons. The maximum Gasteiger partial charge on any atom is 0.220 e. The molecular weight excluding hydrogens is 839 g/mol. The fraction of sp³-hybridized carbons (Fsp3) is 0.879. The predicted octanol–water partition coefficient (Wildman–Crippen LogP) is 14.0. The maximum atomic E-state index is 13.0. The topological polar surface area (TPSA) is 149 Å². The quantitative estimate of drug-likeness (QED) is 0.0261. The molecule has 0 aromatic heterocycles. The standard InChI is InChI=1S/C58H109NO8/c1-3-5-7-9-11-13-15-17-19-21-23-24-25-26-27-28-30-32-34-36-38-40-42-44-46-48-54(62)59-51(50-66-58-57(65)56(64)55(63)53(49-60)67-58)52(61)47-45-43-41-39-37-35-33-31-29-22-20-18-16-14-12-10-8-6-4-2/h26-27,37,39,45,47,51-53,55-58,60-61,63-65H,3-25,28-36,38,40-44,46,48-50H2,1-2H3,(H,59,62)/b27-26-,39-37+,47-45+. The highest BCUT2D eigenvalue weighted by Gasteiger charge is 2.44. The number of hydrogen-bond acceptors (Lipinski definition) is 8. The normalized spacial score (nSPS) is 19.9. The van der Waals surface area contributed by atoms with Gasteiger partial charge in [0.1, 0.15) is 24.4 Å². The van der Waals surface area contributed by atoms with Crippen molar-refractivity contribution in [1.29, 1.82) is 0 Å². The summed E-state index contributed by atoms with van der Waals surface area (Å²) in [6.07, 6.45) is 55.0. The monoisotopic (exact) mass is 948 g/mol. The zero-order valence-electron chi connectivity index (χ0n) is 43.7. The van der Waals surface area contributed by atoms with Gasteiger partial charge in [0, 0.05) is 6.42 Å². The van der Waals surface area contributed by atoms with E-state index in [1.54, 1.807) is 6.08 Å². The number of hydrogen-bond donors (Lipinski definition) is 6. The molecule has 0 aliphatic carbocycles. The van der Waals surface area contributed by atoms with Gasteiger partial charge in [0.15, 0.2) is 6.29 Å². The van der Waals surface area contributed by atoms with E-state index < -0.39 is 49.5 Å². The van der Waals surface area contributed by atoms with Gasteiger partial charge in [-0.05, 0) is 57.8 Å². The van der Waals surface area contributed by atoms with Crippen LogP contribution >= 0.6 is 0 Å². The Morgan fingerprint density at radius 1 is 0.493 bits per heavy atom. The average Bonchev–Trinajstić information content (AvgIpc) is 3.33. The summed E-state index contributed by atoms with van der Waals surface area (Å²) in [6, 6.07) is -0.822. The number of allylic oxidation sites excluding steroid dienone is 5. The molecule has 1 aliphatic rings. The Balaban J connectivity index is 2.24. The second-order valence-corrected chi connectivity index (χ2v) is 20.1. The summed E-state index contributed by atoms with van der Waals surface area (Å²) in [5, 5.41) is 54.5. The minimum atomic E-state index is -1.57. The Hall–Kier alpha value is -1.59. The van der Waals surface area contributed by atoms with Gasteiger partial charge in [-0.1, -0.05) is 243 Å². The van der Waals surface area contributed by atoms with Gasteiger partial charge in [0.05, 0.1) is 25.4 Å². The number of aliphatic hydroxyl groups is 5. The first-order valence-corrected chi connectivity index (χ1v) is 28.7. The summed E-state index contributed by atoms with van der Waals surface area (Å²) in [5.41, 5.74) is 0. The largest absolute Gasteiger partial charge is 0.394 e. The van der Waals surface area contributed by atoms with Crippen molar-refractivity contribution in [1.82, 2.24) is 5.32 Å². The van der Waals surface area contributed by atoms with Gasteiger partial charge in [-0.25, -0.2) is 0 Å². The number of unbranched alkanes of at least 4 members (excludes halogenated alkanes) is 35. The molecule has 0 spiro atoms. The number of aliphatic hydroxyl groups excluding tert-OH is 5. The van der Waals surface area contributed by atoms with Crippen molar-refractivity contribution in [3.63, 3.8) is 0 Å². The lowest BCUT2D eigenvalue weighted by molar-refractivity contribution is -0.302. The number of amides is 1. The van der Waals surface area contributed by atoms with Crippen LogP contribution < -0.4 is 5.32 Å². The predicted molar refractivity (Wildman–Crippen MR) is 281 cm³/mol. The third-order valence-corrected chi connectivity index (χ3v) is 13.7. The first-order valence-electron chi connectivity index (χ1n) is 28.7. The molecule has 6 N–H and O–H groups in total. The van der Waals surface area contributed by atoms with Gasteiger partial charge in [-0.2, -0.15) is 0 Å². The van der Waals surface area contributed by atoms with Crippen LogP contribution in [-0.4, -0.2) is 87.5 Å². The second-order valence-electron chi connectivity index (χ2n) is 20.1. The van der Waals surface area contributed by atoms with Crippen molar-refractivity contribution in [2.24, 2.45) is 0 Å². The van der Waals surface area contributed by atoms with Crippen LogP contribution in [-0.2, 0) is 14.3 Å². The highest BCUT2D eigenvalue weighted by molar-refractivity contribution is 5.76. The van der Waals surface area contributed by atoms with E-state index in [9.17, 15) is 30.3 Å². The van der Waals surface area contributed by atoms with Crippen molar-refractivity contribution in [3.05, 3.63) is 36.5 Å². The molecule has 0 bridgehead atoms. The third kappa shape index (κ3) is 37.9. The Morgan fingerprint density at radius 3 is 1.25 bits per heavy atom. The van der Waals surface area contributed by atoms with Crippen molar-refractivity contribution in [2.75, 3.05) is 13.2 Å².